The smallest absolute Gasteiger partial charge is 0.410 e. The third-order valence-corrected chi connectivity index (χ3v) is 6.87. The number of nitrogens with two attached hydrogens (primary N) is 1. The first-order valence-electron chi connectivity index (χ1n) is 18.5. The Kier molecular flexibility index (Phi) is 21.4. The summed E-state index contributed by atoms with van der Waals surface area (Å²) in [7, 11) is 0. The fourth-order valence-electron chi connectivity index (χ4n) is 4.83. The zero-order chi connectivity index (χ0) is 38.6. The average molecular weight is 716 g/mol. The molecule has 4 N–H and O–H groups in total. The van der Waals surface area contributed by atoms with E-state index < -0.39 is 46.8 Å². The van der Waals surface area contributed by atoms with Crippen LogP contribution in [-0.2, 0) is 18.9 Å². The number of unbranched alkanes of at least 4 members (excludes halogenated alkanes) is 5. The highest BCUT2D eigenvalue weighted by atomic mass is 16.6. The van der Waals surface area contributed by atoms with Gasteiger partial charge in [-0.25, -0.2) is 19.2 Å². The molecule has 4 amide bonds. The van der Waals surface area contributed by atoms with Crippen LogP contribution in [0.2, 0.25) is 0 Å². The Morgan fingerprint density at radius 1 is 0.520 bits per heavy atom. The summed E-state index contributed by atoms with van der Waals surface area (Å²) in [6.45, 7) is 25.0. The Bertz CT molecular complexity index is 924. The van der Waals surface area contributed by atoms with Crippen molar-refractivity contribution in [2.75, 3.05) is 45.8 Å². The summed E-state index contributed by atoms with van der Waals surface area (Å²) >= 11 is 0. The molecule has 0 rings (SSSR count). The van der Waals surface area contributed by atoms with Gasteiger partial charge in [0.2, 0.25) is 0 Å². The molecule has 294 valence electrons. The van der Waals surface area contributed by atoms with Gasteiger partial charge in [0, 0.05) is 39.3 Å². The van der Waals surface area contributed by atoms with Crippen LogP contribution in [0.1, 0.15) is 141 Å². The highest BCUT2D eigenvalue weighted by molar-refractivity contribution is 5.69. The molecule has 13 heteroatoms. The van der Waals surface area contributed by atoms with Gasteiger partial charge in [0.05, 0.1) is 0 Å². The zero-order valence-electron chi connectivity index (χ0n) is 33.6. The summed E-state index contributed by atoms with van der Waals surface area (Å²) < 4.78 is 22.2. The molecular formula is C37H73N5O8. The monoisotopic (exact) mass is 716 g/mol. The number of amides is 4. The Morgan fingerprint density at radius 3 is 1.22 bits per heavy atom. The van der Waals surface area contributed by atoms with Crippen LogP contribution in [0.4, 0.5) is 19.2 Å². The molecule has 0 radical (unpaired) electrons. The number of carbonyl (C=O) groups is 4. The van der Waals surface area contributed by atoms with Crippen LogP contribution < -0.4 is 16.4 Å². The fraction of sp³-hybridized carbons (Fsp3) is 0.892. The van der Waals surface area contributed by atoms with Gasteiger partial charge >= 0.3 is 24.4 Å². The molecule has 0 saturated heterocycles. The van der Waals surface area contributed by atoms with Gasteiger partial charge in [-0.15, -0.1) is 0 Å². The maximum Gasteiger partial charge on any atom is 0.410 e. The molecule has 0 aromatic carbocycles. The van der Waals surface area contributed by atoms with E-state index in [2.05, 4.69) is 10.6 Å². The number of alkyl carbamates (subject to hydrolysis) is 2. The van der Waals surface area contributed by atoms with Crippen molar-refractivity contribution in [1.29, 1.82) is 0 Å². The van der Waals surface area contributed by atoms with E-state index in [1.165, 1.54) is 0 Å². The summed E-state index contributed by atoms with van der Waals surface area (Å²) in [5, 5.41) is 5.55. The molecule has 0 heterocycles. The number of nitrogens with zero attached hydrogens (tertiary/aromatic N) is 2. The van der Waals surface area contributed by atoms with Crippen molar-refractivity contribution in [2.24, 2.45) is 11.7 Å². The van der Waals surface area contributed by atoms with Gasteiger partial charge in [-0.1, -0.05) is 19.3 Å². The summed E-state index contributed by atoms with van der Waals surface area (Å²) in [5.74, 6) is -0.0484. The van der Waals surface area contributed by atoms with Gasteiger partial charge in [-0.2, -0.15) is 0 Å². The second-order valence-electron chi connectivity index (χ2n) is 17.0. The first-order chi connectivity index (χ1) is 22.9. The van der Waals surface area contributed by atoms with Crippen LogP contribution in [0.15, 0.2) is 0 Å². The summed E-state index contributed by atoms with van der Waals surface area (Å²) in [6.07, 6.45) is 5.48. The maximum atomic E-state index is 13.5. The molecule has 0 saturated carbocycles. The molecule has 0 aliphatic rings. The lowest BCUT2D eigenvalue weighted by Gasteiger charge is -2.34. The number of rotatable bonds is 20. The topological polar surface area (TPSA) is 162 Å². The largest absolute Gasteiger partial charge is 0.444 e. The van der Waals surface area contributed by atoms with E-state index in [9.17, 15) is 19.2 Å². The summed E-state index contributed by atoms with van der Waals surface area (Å²) in [4.78, 5) is 54.6. The molecule has 13 nitrogen and oxygen atoms in total. The second kappa shape index (κ2) is 22.8. The Balaban J connectivity index is 5.83. The Morgan fingerprint density at radius 2 is 0.880 bits per heavy atom. The fourth-order valence-corrected chi connectivity index (χ4v) is 4.83. The third-order valence-electron chi connectivity index (χ3n) is 6.87. The van der Waals surface area contributed by atoms with Crippen molar-refractivity contribution >= 4 is 24.4 Å². The molecule has 0 unspecified atom stereocenters. The van der Waals surface area contributed by atoms with Gasteiger partial charge in [0.25, 0.3) is 0 Å². The molecule has 0 aromatic rings. The normalized spacial score (nSPS) is 12.3. The lowest BCUT2D eigenvalue weighted by atomic mass is 9.98. The molecule has 0 spiro atoms. The van der Waals surface area contributed by atoms with Gasteiger partial charge in [-0.3, -0.25) is 0 Å². The number of hydrogen-bond acceptors (Lipinski definition) is 9. The maximum absolute atomic E-state index is 13.5. The number of nitrogens with one attached hydrogen (secondary N) is 2. The number of carbonyl (C=O) groups excluding carboxylic acids is 4. The Labute approximate surface area is 303 Å². The first kappa shape index (κ1) is 47.0. The predicted molar refractivity (Wildman–Crippen MR) is 198 cm³/mol. The molecule has 0 aromatic heterocycles. The predicted octanol–water partition coefficient (Wildman–Crippen LogP) is 7.60. The van der Waals surface area contributed by atoms with E-state index >= 15 is 0 Å². The quantitative estimate of drug-likeness (QED) is 0.0852. The van der Waals surface area contributed by atoms with Gasteiger partial charge in [-0.05, 0) is 134 Å². The van der Waals surface area contributed by atoms with Crippen LogP contribution >= 0.6 is 0 Å². The van der Waals surface area contributed by atoms with Crippen molar-refractivity contribution in [2.45, 2.75) is 163 Å². The third kappa shape index (κ3) is 27.8. The van der Waals surface area contributed by atoms with Crippen molar-refractivity contribution in [3.05, 3.63) is 0 Å². The van der Waals surface area contributed by atoms with Crippen LogP contribution in [0.5, 0.6) is 0 Å². The van der Waals surface area contributed by atoms with E-state index in [-0.39, 0.29) is 5.92 Å². The van der Waals surface area contributed by atoms with Gasteiger partial charge in [0.15, 0.2) is 0 Å². The highest BCUT2D eigenvalue weighted by Gasteiger charge is 2.29. The standard InChI is InChI=1S/C37H73N5O8/c1-34(2,3)47-30(43)39-23-17-19-25-41(32(45)49-36(7,8)9)27-29(21-15-13-14-16-22-38)28-42(33(46)50-37(10,11)12)26-20-18-24-40-31(44)48-35(4,5)6/h29H,13-28,38H2,1-12H3,(H,39,43)(H,40,44). The number of ether oxygens (including phenoxy) is 4. The van der Waals surface area contributed by atoms with Crippen molar-refractivity contribution < 1.29 is 38.1 Å². The minimum atomic E-state index is -0.679. The van der Waals surface area contributed by atoms with E-state index in [0.29, 0.717) is 71.5 Å². The van der Waals surface area contributed by atoms with Gasteiger partial charge in [0.1, 0.15) is 22.4 Å². The van der Waals surface area contributed by atoms with Crippen molar-refractivity contribution in [3.63, 3.8) is 0 Å². The minimum Gasteiger partial charge on any atom is -0.444 e. The summed E-state index contributed by atoms with van der Waals surface area (Å²) in [6, 6.07) is 0. The summed E-state index contributed by atoms with van der Waals surface area (Å²) in [5.41, 5.74) is 3.19. The lowest BCUT2D eigenvalue weighted by molar-refractivity contribution is 0.0133. The minimum absolute atomic E-state index is 0.0484. The number of hydrogen-bond donors (Lipinski definition) is 3. The molecule has 50 heavy (non-hydrogen) atoms. The van der Waals surface area contributed by atoms with Crippen LogP contribution in [-0.4, -0.2) is 102 Å². The zero-order valence-corrected chi connectivity index (χ0v) is 33.6. The second-order valence-corrected chi connectivity index (χ2v) is 17.0. The molecular weight excluding hydrogens is 642 g/mol. The van der Waals surface area contributed by atoms with Crippen molar-refractivity contribution in [1.82, 2.24) is 20.4 Å². The molecule has 0 aliphatic heterocycles. The van der Waals surface area contributed by atoms with E-state index in [0.717, 1.165) is 32.1 Å². The van der Waals surface area contributed by atoms with Crippen LogP contribution in [0.3, 0.4) is 0 Å². The lowest BCUT2D eigenvalue weighted by Crippen LogP contribution is -2.45. The van der Waals surface area contributed by atoms with Crippen LogP contribution in [0.25, 0.3) is 0 Å². The van der Waals surface area contributed by atoms with E-state index in [1.807, 2.05) is 83.1 Å². The SMILES string of the molecule is CC(C)(C)OC(=O)NCCCCN(CC(CCCCCCN)CN(CCCCNC(=O)OC(C)(C)C)C(=O)OC(C)(C)C)C(=O)OC(C)(C)C. The van der Waals surface area contributed by atoms with Crippen molar-refractivity contribution in [3.8, 4) is 0 Å². The molecule has 0 aliphatic carbocycles. The molecule has 0 bridgehead atoms. The van der Waals surface area contributed by atoms with E-state index in [4.69, 9.17) is 24.7 Å². The van der Waals surface area contributed by atoms with Crippen LogP contribution in [0, 0.1) is 5.92 Å². The average Bonchev–Trinajstić information content (AvgIpc) is 2.91. The Hall–Kier alpha value is -2.96. The van der Waals surface area contributed by atoms with Gasteiger partial charge < -0.3 is 45.1 Å². The molecule has 0 atom stereocenters. The molecule has 0 fully saturated rings. The first-order valence-corrected chi connectivity index (χ1v) is 18.5. The van der Waals surface area contributed by atoms with E-state index in [1.54, 1.807) is 9.80 Å². The highest BCUT2D eigenvalue weighted by Crippen LogP contribution is 2.20.